The standard InChI is InChI=1S/C17H14ClNO2/c18-15-5-6-16-14(11-21)9-19(17(16)7-15)8-12-1-3-13(10-20)4-2-12/h1-7,9,11,20H,8,10H2. The van der Waals surface area contributed by atoms with E-state index in [9.17, 15) is 4.79 Å². The average Bonchev–Trinajstić information content (AvgIpc) is 2.85. The molecule has 3 nitrogen and oxygen atoms in total. The van der Waals surface area contributed by atoms with E-state index in [1.54, 1.807) is 6.07 Å². The van der Waals surface area contributed by atoms with Gasteiger partial charge in [-0.25, -0.2) is 0 Å². The number of carbonyl (C=O) groups is 1. The molecule has 0 spiro atoms. The minimum atomic E-state index is 0.0393. The third-order valence-electron chi connectivity index (χ3n) is 3.56. The fraction of sp³-hybridized carbons (Fsp3) is 0.118. The van der Waals surface area contributed by atoms with E-state index in [0.29, 0.717) is 17.1 Å². The second-order valence-electron chi connectivity index (χ2n) is 4.97. The second-order valence-corrected chi connectivity index (χ2v) is 5.40. The van der Waals surface area contributed by atoms with E-state index in [1.807, 2.05) is 47.2 Å². The Morgan fingerprint density at radius 1 is 1.10 bits per heavy atom. The molecule has 0 aliphatic rings. The molecule has 1 aromatic heterocycles. The number of aliphatic hydroxyl groups is 1. The third-order valence-corrected chi connectivity index (χ3v) is 3.80. The number of halogens is 1. The predicted octanol–water partition coefficient (Wildman–Crippen LogP) is 3.65. The minimum Gasteiger partial charge on any atom is -0.392 e. The quantitative estimate of drug-likeness (QED) is 0.747. The molecule has 0 aliphatic heterocycles. The molecule has 0 radical (unpaired) electrons. The topological polar surface area (TPSA) is 42.2 Å². The average molecular weight is 300 g/mol. The van der Waals surface area contributed by atoms with Crippen LogP contribution >= 0.6 is 11.6 Å². The van der Waals surface area contributed by atoms with Crippen molar-refractivity contribution >= 4 is 28.8 Å². The van der Waals surface area contributed by atoms with E-state index in [-0.39, 0.29) is 6.61 Å². The lowest BCUT2D eigenvalue weighted by molar-refractivity contribution is 0.112. The van der Waals surface area contributed by atoms with Crippen molar-refractivity contribution in [2.24, 2.45) is 0 Å². The van der Waals surface area contributed by atoms with Gasteiger partial charge in [-0.15, -0.1) is 0 Å². The number of fused-ring (bicyclic) bond motifs is 1. The molecule has 0 unspecified atom stereocenters. The number of benzene rings is 2. The molecule has 21 heavy (non-hydrogen) atoms. The molecule has 0 saturated heterocycles. The van der Waals surface area contributed by atoms with Crippen molar-refractivity contribution in [2.45, 2.75) is 13.2 Å². The molecule has 0 amide bonds. The molecule has 0 saturated carbocycles. The summed E-state index contributed by atoms with van der Waals surface area (Å²) >= 11 is 6.06. The van der Waals surface area contributed by atoms with Crippen LogP contribution in [0.25, 0.3) is 10.9 Å². The van der Waals surface area contributed by atoms with Crippen molar-refractivity contribution in [3.8, 4) is 0 Å². The van der Waals surface area contributed by atoms with Crippen LogP contribution in [0.1, 0.15) is 21.5 Å². The highest BCUT2D eigenvalue weighted by atomic mass is 35.5. The number of carbonyl (C=O) groups excluding carboxylic acids is 1. The number of rotatable bonds is 4. The second kappa shape index (κ2) is 5.72. The van der Waals surface area contributed by atoms with Gasteiger partial charge in [0.05, 0.1) is 12.1 Å². The number of nitrogens with zero attached hydrogens (tertiary/aromatic N) is 1. The highest BCUT2D eigenvalue weighted by molar-refractivity contribution is 6.31. The summed E-state index contributed by atoms with van der Waals surface area (Å²) in [5.74, 6) is 0. The van der Waals surface area contributed by atoms with Gasteiger partial charge < -0.3 is 9.67 Å². The molecule has 2 aromatic carbocycles. The first-order valence-corrected chi connectivity index (χ1v) is 7.01. The van der Waals surface area contributed by atoms with Gasteiger partial charge in [-0.05, 0) is 23.3 Å². The van der Waals surface area contributed by atoms with E-state index in [4.69, 9.17) is 16.7 Å². The monoisotopic (exact) mass is 299 g/mol. The van der Waals surface area contributed by atoms with Crippen LogP contribution in [-0.2, 0) is 13.2 Å². The summed E-state index contributed by atoms with van der Waals surface area (Å²) in [6.45, 7) is 0.689. The summed E-state index contributed by atoms with van der Waals surface area (Å²) < 4.78 is 2.01. The third kappa shape index (κ3) is 2.71. The number of aromatic nitrogens is 1. The first-order chi connectivity index (χ1) is 10.2. The van der Waals surface area contributed by atoms with Crippen LogP contribution in [0.15, 0.2) is 48.7 Å². The van der Waals surface area contributed by atoms with Gasteiger partial charge in [0.25, 0.3) is 0 Å². The fourth-order valence-corrected chi connectivity index (χ4v) is 2.63. The largest absolute Gasteiger partial charge is 0.392 e. The normalized spacial score (nSPS) is 11.0. The summed E-state index contributed by atoms with van der Waals surface area (Å²) in [5.41, 5.74) is 3.58. The fourth-order valence-electron chi connectivity index (χ4n) is 2.47. The molecule has 0 bridgehead atoms. The highest BCUT2D eigenvalue weighted by Gasteiger charge is 2.09. The molecule has 106 valence electrons. The Hall–Kier alpha value is -2.10. The SMILES string of the molecule is O=Cc1cn(Cc2ccc(CO)cc2)c2cc(Cl)ccc12. The Bertz CT molecular complexity index is 790. The van der Waals surface area contributed by atoms with E-state index in [0.717, 1.165) is 28.3 Å². The Morgan fingerprint density at radius 2 is 1.81 bits per heavy atom. The Balaban J connectivity index is 2.02. The maximum absolute atomic E-state index is 11.2. The maximum atomic E-state index is 11.2. The van der Waals surface area contributed by atoms with Gasteiger partial charge in [0.15, 0.2) is 6.29 Å². The van der Waals surface area contributed by atoms with Crippen molar-refractivity contribution in [3.05, 3.63) is 70.4 Å². The van der Waals surface area contributed by atoms with E-state index in [2.05, 4.69) is 0 Å². The number of aldehydes is 1. The highest BCUT2D eigenvalue weighted by Crippen LogP contribution is 2.24. The summed E-state index contributed by atoms with van der Waals surface area (Å²) in [5, 5.41) is 10.6. The van der Waals surface area contributed by atoms with Crippen LogP contribution in [0.5, 0.6) is 0 Å². The summed E-state index contributed by atoms with van der Waals surface area (Å²) in [4.78, 5) is 11.2. The van der Waals surface area contributed by atoms with Gasteiger partial charge >= 0.3 is 0 Å². The maximum Gasteiger partial charge on any atom is 0.152 e. The van der Waals surface area contributed by atoms with Gasteiger partial charge in [-0.2, -0.15) is 0 Å². The van der Waals surface area contributed by atoms with Crippen molar-refractivity contribution in [2.75, 3.05) is 0 Å². The molecule has 1 heterocycles. The lowest BCUT2D eigenvalue weighted by Crippen LogP contribution is -1.98. The minimum absolute atomic E-state index is 0.0393. The van der Waals surface area contributed by atoms with Gasteiger partial charge in [0, 0.05) is 28.7 Å². The van der Waals surface area contributed by atoms with E-state index >= 15 is 0 Å². The molecule has 0 fully saturated rings. The van der Waals surface area contributed by atoms with Crippen LogP contribution in [0, 0.1) is 0 Å². The van der Waals surface area contributed by atoms with Crippen LogP contribution in [-0.4, -0.2) is 16.0 Å². The predicted molar refractivity (Wildman–Crippen MR) is 83.8 cm³/mol. The molecule has 0 atom stereocenters. The number of hydrogen-bond acceptors (Lipinski definition) is 2. The molecule has 3 rings (SSSR count). The van der Waals surface area contributed by atoms with Crippen LogP contribution in [0.2, 0.25) is 5.02 Å². The molecular formula is C17H14ClNO2. The lowest BCUT2D eigenvalue weighted by Gasteiger charge is -2.06. The number of aliphatic hydroxyl groups excluding tert-OH is 1. The molecule has 3 aromatic rings. The lowest BCUT2D eigenvalue weighted by atomic mass is 10.1. The van der Waals surface area contributed by atoms with Gasteiger partial charge in [-0.3, -0.25) is 4.79 Å². The first kappa shape index (κ1) is 13.9. The van der Waals surface area contributed by atoms with Gasteiger partial charge in [0.1, 0.15) is 0 Å². The Kier molecular flexibility index (Phi) is 3.78. The summed E-state index contributed by atoms with van der Waals surface area (Å²) in [6.07, 6.45) is 2.70. The van der Waals surface area contributed by atoms with E-state index < -0.39 is 0 Å². The van der Waals surface area contributed by atoms with Crippen LogP contribution < -0.4 is 0 Å². The smallest absolute Gasteiger partial charge is 0.152 e. The zero-order valence-corrected chi connectivity index (χ0v) is 12.0. The van der Waals surface area contributed by atoms with Crippen LogP contribution in [0.3, 0.4) is 0 Å². The first-order valence-electron chi connectivity index (χ1n) is 6.63. The van der Waals surface area contributed by atoms with Gasteiger partial charge in [-0.1, -0.05) is 41.9 Å². The molecule has 1 N–H and O–H groups in total. The van der Waals surface area contributed by atoms with Crippen molar-refractivity contribution in [3.63, 3.8) is 0 Å². The van der Waals surface area contributed by atoms with Crippen LogP contribution in [0.4, 0.5) is 0 Å². The molecule has 0 aliphatic carbocycles. The van der Waals surface area contributed by atoms with E-state index in [1.165, 1.54) is 0 Å². The zero-order valence-electron chi connectivity index (χ0n) is 11.3. The zero-order chi connectivity index (χ0) is 14.8. The molecule has 4 heteroatoms. The molecular weight excluding hydrogens is 286 g/mol. The summed E-state index contributed by atoms with van der Waals surface area (Å²) in [6, 6.07) is 13.3. The van der Waals surface area contributed by atoms with Gasteiger partial charge in [0.2, 0.25) is 0 Å². The van der Waals surface area contributed by atoms with Crippen molar-refractivity contribution in [1.29, 1.82) is 0 Å². The Morgan fingerprint density at radius 3 is 2.48 bits per heavy atom. The Labute approximate surface area is 127 Å². The van der Waals surface area contributed by atoms with Crippen molar-refractivity contribution in [1.82, 2.24) is 4.57 Å². The number of hydrogen-bond donors (Lipinski definition) is 1. The summed E-state index contributed by atoms with van der Waals surface area (Å²) in [7, 11) is 0. The van der Waals surface area contributed by atoms with Crippen molar-refractivity contribution < 1.29 is 9.90 Å².